The molecule has 7 heavy (non-hydrogen) atoms. The molecule has 0 radical (unpaired) electrons. The van der Waals surface area contributed by atoms with E-state index in [0.29, 0.717) is 6.47 Å². The monoisotopic (exact) mass is 99.0 g/mol. The molecule has 38 valence electrons. The van der Waals surface area contributed by atoms with E-state index in [4.69, 9.17) is 5.26 Å². The van der Waals surface area contributed by atoms with Crippen molar-refractivity contribution in [2.45, 2.75) is 6.42 Å². The van der Waals surface area contributed by atoms with Gasteiger partial charge >= 0.3 is 0 Å². The summed E-state index contributed by atoms with van der Waals surface area (Å²) in [5, 5.41) is 7.85. The van der Waals surface area contributed by atoms with Gasteiger partial charge in [0.2, 0.25) is 0 Å². The quantitative estimate of drug-likeness (QED) is 0.371. The van der Waals surface area contributed by atoms with Crippen LogP contribution >= 0.6 is 0 Å². The second-order valence-corrected chi connectivity index (χ2v) is 0.875. The molecule has 0 aliphatic carbocycles. The van der Waals surface area contributed by atoms with Gasteiger partial charge in [-0.1, -0.05) is 0 Å². The Kier molecular flexibility index (Phi) is 4.22. The Hall–Kier alpha value is -1.04. The van der Waals surface area contributed by atoms with Crippen LogP contribution in [0.1, 0.15) is 6.42 Å². The van der Waals surface area contributed by atoms with Gasteiger partial charge in [-0.15, -0.1) is 0 Å². The molecule has 3 heteroatoms. The Morgan fingerprint density at radius 2 is 2.57 bits per heavy atom. The van der Waals surface area contributed by atoms with Crippen molar-refractivity contribution < 1.29 is 9.53 Å². The third-order valence-electron chi connectivity index (χ3n) is 0.400. The summed E-state index contributed by atoms with van der Waals surface area (Å²) in [5.41, 5.74) is 0. The van der Waals surface area contributed by atoms with Crippen LogP contribution in [0.2, 0.25) is 0 Å². The largest absolute Gasteiger partial charge is 0.467 e. The molecule has 0 heterocycles. The Bertz CT molecular complexity index is 84.2. The zero-order valence-corrected chi connectivity index (χ0v) is 3.76. The summed E-state index contributed by atoms with van der Waals surface area (Å²) in [7, 11) is 0. The van der Waals surface area contributed by atoms with Gasteiger partial charge in [-0.2, -0.15) is 5.26 Å². The molecule has 0 fully saturated rings. The molecule has 0 aromatic carbocycles. The van der Waals surface area contributed by atoms with Crippen LogP contribution in [0, 0.1) is 11.3 Å². The van der Waals surface area contributed by atoms with Crippen LogP contribution in [0.5, 0.6) is 0 Å². The van der Waals surface area contributed by atoms with Gasteiger partial charge in [0.25, 0.3) is 6.47 Å². The Morgan fingerprint density at radius 1 is 1.86 bits per heavy atom. The van der Waals surface area contributed by atoms with Crippen molar-refractivity contribution in [3.05, 3.63) is 0 Å². The lowest BCUT2D eigenvalue weighted by molar-refractivity contribution is -0.128. The first-order chi connectivity index (χ1) is 3.41. The number of carbonyl (C=O) groups is 1. The number of hydrogen-bond donors (Lipinski definition) is 0. The predicted molar refractivity (Wildman–Crippen MR) is 22.2 cm³/mol. The minimum absolute atomic E-state index is 0.208. The maximum Gasteiger partial charge on any atom is 0.293 e. The van der Waals surface area contributed by atoms with E-state index in [2.05, 4.69) is 4.74 Å². The summed E-state index contributed by atoms with van der Waals surface area (Å²) < 4.78 is 4.17. The zero-order chi connectivity index (χ0) is 5.54. The van der Waals surface area contributed by atoms with Gasteiger partial charge in [0.1, 0.15) is 6.61 Å². The first kappa shape index (κ1) is 5.96. The summed E-state index contributed by atoms with van der Waals surface area (Å²) in [5.74, 6) is 0. The van der Waals surface area contributed by atoms with Crippen molar-refractivity contribution in [3.8, 4) is 6.07 Å². The van der Waals surface area contributed by atoms with E-state index in [0.717, 1.165) is 0 Å². The van der Waals surface area contributed by atoms with Gasteiger partial charge in [-0.05, 0) is 0 Å². The molecule has 0 aliphatic heterocycles. The smallest absolute Gasteiger partial charge is 0.293 e. The molecule has 0 atom stereocenters. The normalized spacial score (nSPS) is 6.71. The molecule has 0 saturated carbocycles. The van der Waals surface area contributed by atoms with Crippen molar-refractivity contribution in [1.29, 1.82) is 5.26 Å². The zero-order valence-electron chi connectivity index (χ0n) is 3.76. The van der Waals surface area contributed by atoms with E-state index in [1.807, 2.05) is 6.07 Å². The highest BCUT2D eigenvalue weighted by Crippen LogP contribution is 1.72. The maximum atomic E-state index is 9.35. The fraction of sp³-hybridized carbons (Fsp3) is 0.500. The maximum absolute atomic E-state index is 9.35. The molecule has 0 saturated heterocycles. The van der Waals surface area contributed by atoms with Gasteiger partial charge in [0.05, 0.1) is 12.5 Å². The van der Waals surface area contributed by atoms with Crippen molar-refractivity contribution in [3.63, 3.8) is 0 Å². The Labute approximate surface area is 41.5 Å². The molecule has 0 rings (SSSR count). The highest BCUT2D eigenvalue weighted by atomic mass is 16.5. The van der Waals surface area contributed by atoms with Crippen molar-refractivity contribution in [1.82, 2.24) is 0 Å². The lowest BCUT2D eigenvalue weighted by atomic mass is 10.5. The van der Waals surface area contributed by atoms with Crippen molar-refractivity contribution in [2.24, 2.45) is 0 Å². The molecule has 0 amide bonds. The van der Waals surface area contributed by atoms with Gasteiger partial charge in [0, 0.05) is 0 Å². The van der Waals surface area contributed by atoms with E-state index >= 15 is 0 Å². The molecule has 0 bridgehead atoms. The lowest BCUT2D eigenvalue weighted by Crippen LogP contribution is -1.87. The fourth-order valence-electron chi connectivity index (χ4n) is 0.153. The van der Waals surface area contributed by atoms with Crippen molar-refractivity contribution in [2.75, 3.05) is 6.61 Å². The van der Waals surface area contributed by atoms with Gasteiger partial charge in [-0.25, -0.2) is 0 Å². The van der Waals surface area contributed by atoms with Gasteiger partial charge in [-0.3, -0.25) is 4.79 Å². The number of rotatable bonds is 3. The topological polar surface area (TPSA) is 50.1 Å². The molecule has 0 aliphatic rings. The van der Waals surface area contributed by atoms with E-state index in [9.17, 15) is 4.79 Å². The number of carbonyl (C=O) groups excluding carboxylic acids is 1. The minimum Gasteiger partial charge on any atom is -0.467 e. The molecular formula is C4H5NO2. The predicted octanol–water partition coefficient (Wildman–Crippen LogP) is 0.0731. The average Bonchev–Trinajstić information content (AvgIpc) is 1.69. The van der Waals surface area contributed by atoms with Crippen LogP contribution in [-0.2, 0) is 9.53 Å². The summed E-state index contributed by atoms with van der Waals surface area (Å²) in [6.45, 7) is 0.539. The summed E-state index contributed by atoms with van der Waals surface area (Å²) in [6, 6.07) is 1.82. The van der Waals surface area contributed by atoms with Crippen LogP contribution in [-0.4, -0.2) is 13.1 Å². The van der Waals surface area contributed by atoms with E-state index in [1.54, 1.807) is 0 Å². The highest BCUT2D eigenvalue weighted by molar-refractivity contribution is 5.36. The standard InChI is InChI=1S/C4H5NO2/c5-2-1-3-7-4-6/h4H,1,3H2. The first-order valence-electron chi connectivity index (χ1n) is 1.84. The molecule has 0 aromatic heterocycles. The van der Waals surface area contributed by atoms with Gasteiger partial charge in [0.15, 0.2) is 0 Å². The van der Waals surface area contributed by atoms with Crippen LogP contribution in [0.3, 0.4) is 0 Å². The average molecular weight is 99.1 g/mol. The molecular weight excluding hydrogens is 94.0 g/mol. The molecule has 0 unspecified atom stereocenters. The van der Waals surface area contributed by atoms with E-state index < -0.39 is 0 Å². The third kappa shape index (κ3) is 4.96. The second kappa shape index (κ2) is 4.96. The van der Waals surface area contributed by atoms with Gasteiger partial charge < -0.3 is 4.74 Å². The Morgan fingerprint density at radius 3 is 3.00 bits per heavy atom. The van der Waals surface area contributed by atoms with E-state index in [1.165, 1.54) is 0 Å². The van der Waals surface area contributed by atoms with Crippen LogP contribution < -0.4 is 0 Å². The van der Waals surface area contributed by atoms with Crippen molar-refractivity contribution >= 4 is 6.47 Å². The fourth-order valence-corrected chi connectivity index (χ4v) is 0.153. The van der Waals surface area contributed by atoms with Crippen LogP contribution in [0.4, 0.5) is 0 Å². The first-order valence-corrected chi connectivity index (χ1v) is 1.84. The summed E-state index contributed by atoms with van der Waals surface area (Å²) in [6.07, 6.45) is 0.277. The lowest BCUT2D eigenvalue weighted by Gasteiger charge is -1.85. The van der Waals surface area contributed by atoms with Crippen LogP contribution in [0.15, 0.2) is 0 Å². The summed E-state index contributed by atoms with van der Waals surface area (Å²) in [4.78, 5) is 9.35. The number of nitriles is 1. The van der Waals surface area contributed by atoms with E-state index in [-0.39, 0.29) is 13.0 Å². The summed E-state index contributed by atoms with van der Waals surface area (Å²) >= 11 is 0. The third-order valence-corrected chi connectivity index (χ3v) is 0.400. The number of hydrogen-bond acceptors (Lipinski definition) is 3. The van der Waals surface area contributed by atoms with Crippen LogP contribution in [0.25, 0.3) is 0 Å². The molecule has 0 aromatic rings. The molecule has 0 N–H and O–H groups in total. The number of ether oxygens (including phenoxy) is 1. The second-order valence-electron chi connectivity index (χ2n) is 0.875. The number of nitrogens with zero attached hydrogens (tertiary/aromatic N) is 1. The SMILES string of the molecule is N#CCCOC=O. The molecule has 3 nitrogen and oxygen atoms in total. The Balaban J connectivity index is 2.72. The minimum atomic E-state index is 0.208. The molecule has 0 spiro atoms. The highest BCUT2D eigenvalue weighted by Gasteiger charge is 1.77.